The summed E-state index contributed by atoms with van der Waals surface area (Å²) in [6.07, 6.45) is 5.52. The van der Waals surface area contributed by atoms with Crippen LogP contribution in [0.4, 0.5) is 0 Å². The lowest BCUT2D eigenvalue weighted by molar-refractivity contribution is -0.138. The second-order valence-corrected chi connectivity index (χ2v) is 5.99. The normalized spacial score (nSPS) is 24.4. The van der Waals surface area contributed by atoms with Gasteiger partial charge in [-0.3, -0.25) is 9.59 Å². The molecule has 1 saturated carbocycles. The molecule has 0 aromatic heterocycles. The van der Waals surface area contributed by atoms with E-state index in [0.717, 1.165) is 12.8 Å². The minimum atomic E-state index is -0.805. The number of nitrogens with one attached hydrogen (secondary N) is 1. The van der Waals surface area contributed by atoms with Crippen molar-refractivity contribution in [2.24, 2.45) is 0 Å². The van der Waals surface area contributed by atoms with Crippen LogP contribution in [0.25, 0.3) is 0 Å². The van der Waals surface area contributed by atoms with Crippen LogP contribution in [-0.4, -0.2) is 48.1 Å². The zero-order valence-corrected chi connectivity index (χ0v) is 11.9. The highest BCUT2D eigenvalue weighted by Crippen LogP contribution is 2.21. The number of hydrogen-bond acceptors (Lipinski definition) is 3. The van der Waals surface area contributed by atoms with Crippen molar-refractivity contribution in [3.63, 3.8) is 0 Å². The van der Waals surface area contributed by atoms with E-state index in [1.807, 2.05) is 0 Å². The zero-order valence-electron chi connectivity index (χ0n) is 11.9. The maximum atomic E-state index is 12.3. The van der Waals surface area contributed by atoms with E-state index in [-0.39, 0.29) is 11.8 Å². The van der Waals surface area contributed by atoms with Crippen LogP contribution in [0, 0.1) is 0 Å². The Hall–Kier alpha value is -1.10. The van der Waals surface area contributed by atoms with Gasteiger partial charge in [-0.1, -0.05) is 12.8 Å². The molecule has 1 saturated heterocycles. The monoisotopic (exact) mass is 268 g/mol. The number of amides is 2. The van der Waals surface area contributed by atoms with Crippen LogP contribution in [0.3, 0.4) is 0 Å². The molecule has 0 aromatic carbocycles. The number of carbonyl (C=O) groups is 2. The van der Waals surface area contributed by atoms with Gasteiger partial charge in [0.25, 0.3) is 0 Å². The molecule has 2 amide bonds. The van der Waals surface area contributed by atoms with E-state index in [2.05, 4.69) is 5.32 Å². The highest BCUT2D eigenvalue weighted by atomic mass is 16.5. The standard InChI is InChI=1S/C14H24N2O3/c1-14(2)13(18)16(8-7-12(17)15-14)9-10-19-11-5-3-4-6-11/h11H,3-10H2,1-2H3,(H,15,17). The van der Waals surface area contributed by atoms with Crippen molar-refractivity contribution in [1.29, 1.82) is 0 Å². The van der Waals surface area contributed by atoms with Crippen LogP contribution < -0.4 is 5.32 Å². The Bertz CT molecular complexity index is 349. The predicted octanol–water partition coefficient (Wildman–Crippen LogP) is 1.07. The Labute approximate surface area is 114 Å². The van der Waals surface area contributed by atoms with Crippen molar-refractivity contribution in [2.45, 2.75) is 57.6 Å². The van der Waals surface area contributed by atoms with Crippen molar-refractivity contribution in [1.82, 2.24) is 10.2 Å². The van der Waals surface area contributed by atoms with Crippen LogP contribution >= 0.6 is 0 Å². The maximum Gasteiger partial charge on any atom is 0.247 e. The first-order valence-electron chi connectivity index (χ1n) is 7.21. The van der Waals surface area contributed by atoms with Gasteiger partial charge in [-0.15, -0.1) is 0 Å². The fraction of sp³-hybridized carbons (Fsp3) is 0.857. The fourth-order valence-corrected chi connectivity index (χ4v) is 2.80. The molecule has 2 fully saturated rings. The van der Waals surface area contributed by atoms with Crippen molar-refractivity contribution in [3.05, 3.63) is 0 Å². The Balaban J connectivity index is 1.83. The average molecular weight is 268 g/mol. The third-order valence-corrected chi connectivity index (χ3v) is 3.90. The fourth-order valence-electron chi connectivity index (χ4n) is 2.80. The summed E-state index contributed by atoms with van der Waals surface area (Å²) in [6, 6.07) is 0. The first kappa shape index (κ1) is 14.3. The van der Waals surface area contributed by atoms with Crippen molar-refractivity contribution < 1.29 is 14.3 Å². The van der Waals surface area contributed by atoms with Crippen LogP contribution in [0.5, 0.6) is 0 Å². The summed E-state index contributed by atoms with van der Waals surface area (Å²) in [5.41, 5.74) is -0.805. The number of ether oxygens (including phenoxy) is 1. The van der Waals surface area contributed by atoms with Gasteiger partial charge in [0, 0.05) is 19.5 Å². The predicted molar refractivity (Wildman–Crippen MR) is 71.6 cm³/mol. The molecular formula is C14H24N2O3. The SMILES string of the molecule is CC1(C)NC(=O)CCN(CCOC2CCCC2)C1=O. The molecule has 5 nitrogen and oxygen atoms in total. The van der Waals surface area contributed by atoms with E-state index in [4.69, 9.17) is 4.74 Å². The van der Waals surface area contributed by atoms with Gasteiger partial charge in [-0.25, -0.2) is 0 Å². The van der Waals surface area contributed by atoms with E-state index in [9.17, 15) is 9.59 Å². The molecular weight excluding hydrogens is 244 g/mol. The smallest absolute Gasteiger partial charge is 0.247 e. The topological polar surface area (TPSA) is 58.6 Å². The molecule has 0 atom stereocenters. The first-order valence-corrected chi connectivity index (χ1v) is 7.21. The number of carbonyl (C=O) groups excluding carboxylic acids is 2. The van der Waals surface area contributed by atoms with Gasteiger partial charge in [0.2, 0.25) is 11.8 Å². The summed E-state index contributed by atoms with van der Waals surface area (Å²) >= 11 is 0. The Morgan fingerprint density at radius 1 is 1.32 bits per heavy atom. The molecule has 0 bridgehead atoms. The van der Waals surface area contributed by atoms with E-state index in [1.54, 1.807) is 18.7 Å². The van der Waals surface area contributed by atoms with Gasteiger partial charge in [0.1, 0.15) is 5.54 Å². The molecule has 2 rings (SSSR count). The molecule has 2 aliphatic rings. The molecule has 1 aliphatic carbocycles. The summed E-state index contributed by atoms with van der Waals surface area (Å²) in [4.78, 5) is 25.6. The van der Waals surface area contributed by atoms with Gasteiger partial charge in [-0.05, 0) is 26.7 Å². The lowest BCUT2D eigenvalue weighted by Gasteiger charge is -2.29. The lowest BCUT2D eigenvalue weighted by atomic mass is 10.0. The molecule has 108 valence electrons. The van der Waals surface area contributed by atoms with Crippen LogP contribution in [-0.2, 0) is 14.3 Å². The van der Waals surface area contributed by atoms with Crippen molar-refractivity contribution in [2.75, 3.05) is 19.7 Å². The molecule has 1 aliphatic heterocycles. The summed E-state index contributed by atoms with van der Waals surface area (Å²) in [7, 11) is 0. The van der Waals surface area contributed by atoms with E-state index in [0.29, 0.717) is 32.2 Å². The summed E-state index contributed by atoms with van der Waals surface area (Å²) in [5, 5.41) is 2.76. The quantitative estimate of drug-likeness (QED) is 0.830. The van der Waals surface area contributed by atoms with Crippen LogP contribution in [0.2, 0.25) is 0 Å². The number of rotatable bonds is 4. The largest absolute Gasteiger partial charge is 0.376 e. The zero-order chi connectivity index (χ0) is 13.9. The van der Waals surface area contributed by atoms with Crippen LogP contribution in [0.15, 0.2) is 0 Å². The number of nitrogens with zero attached hydrogens (tertiary/aromatic N) is 1. The summed E-state index contributed by atoms with van der Waals surface area (Å²) in [6.45, 7) is 5.14. The molecule has 0 aromatic rings. The molecule has 0 radical (unpaired) electrons. The molecule has 1 N–H and O–H groups in total. The van der Waals surface area contributed by atoms with Gasteiger partial charge in [0.05, 0.1) is 12.7 Å². The van der Waals surface area contributed by atoms with Gasteiger partial charge in [0.15, 0.2) is 0 Å². The molecule has 19 heavy (non-hydrogen) atoms. The lowest BCUT2D eigenvalue weighted by Crippen LogP contribution is -2.53. The highest BCUT2D eigenvalue weighted by Gasteiger charge is 2.36. The van der Waals surface area contributed by atoms with Gasteiger partial charge < -0.3 is 15.0 Å². The second kappa shape index (κ2) is 5.90. The van der Waals surface area contributed by atoms with Crippen molar-refractivity contribution >= 4 is 11.8 Å². The van der Waals surface area contributed by atoms with Gasteiger partial charge in [-0.2, -0.15) is 0 Å². The Kier molecular flexibility index (Phi) is 4.45. The first-order chi connectivity index (χ1) is 8.99. The minimum absolute atomic E-state index is 0.0200. The Morgan fingerprint density at radius 2 is 2.00 bits per heavy atom. The molecule has 0 unspecified atom stereocenters. The molecule has 1 heterocycles. The van der Waals surface area contributed by atoms with Crippen LogP contribution in [0.1, 0.15) is 46.0 Å². The number of hydrogen-bond donors (Lipinski definition) is 1. The highest BCUT2D eigenvalue weighted by molar-refractivity contribution is 5.92. The van der Waals surface area contributed by atoms with Gasteiger partial charge >= 0.3 is 0 Å². The maximum absolute atomic E-state index is 12.3. The van der Waals surface area contributed by atoms with Crippen molar-refractivity contribution in [3.8, 4) is 0 Å². The second-order valence-electron chi connectivity index (χ2n) is 5.99. The molecule has 0 spiro atoms. The summed E-state index contributed by atoms with van der Waals surface area (Å²) in [5.74, 6) is -0.0778. The average Bonchev–Trinajstić information content (AvgIpc) is 2.81. The van der Waals surface area contributed by atoms with E-state index < -0.39 is 5.54 Å². The summed E-state index contributed by atoms with van der Waals surface area (Å²) < 4.78 is 5.79. The third-order valence-electron chi connectivity index (χ3n) is 3.90. The molecule has 5 heteroatoms. The third kappa shape index (κ3) is 3.69. The van der Waals surface area contributed by atoms with E-state index in [1.165, 1.54) is 12.8 Å². The Morgan fingerprint density at radius 3 is 2.68 bits per heavy atom. The minimum Gasteiger partial charge on any atom is -0.376 e. The van der Waals surface area contributed by atoms with E-state index >= 15 is 0 Å².